The molecule has 1 heterocycles. The summed E-state index contributed by atoms with van der Waals surface area (Å²) in [6.45, 7) is 0.514. The molecule has 1 aromatic heterocycles. The van der Waals surface area contributed by atoms with E-state index in [0.29, 0.717) is 19.4 Å². The zero-order valence-corrected chi connectivity index (χ0v) is 11.4. The third-order valence-corrected chi connectivity index (χ3v) is 3.60. The van der Waals surface area contributed by atoms with Crippen LogP contribution >= 0.6 is 11.3 Å². The number of hydrogen-bond donors (Lipinski definition) is 1. The number of benzene rings is 1. The summed E-state index contributed by atoms with van der Waals surface area (Å²) < 4.78 is 5.56. The van der Waals surface area contributed by atoms with E-state index in [4.69, 9.17) is 9.84 Å². The first-order valence-corrected chi connectivity index (χ1v) is 7.07. The van der Waals surface area contributed by atoms with E-state index < -0.39 is 0 Å². The molecule has 0 amide bonds. The minimum atomic E-state index is 0.00800. The molecule has 19 heavy (non-hydrogen) atoms. The summed E-state index contributed by atoms with van der Waals surface area (Å²) in [7, 11) is 0. The fourth-order valence-electron chi connectivity index (χ4n) is 1.72. The summed E-state index contributed by atoms with van der Waals surface area (Å²) in [5.41, 5.74) is 0.826. The molecule has 0 unspecified atom stereocenters. The number of carbonyl (C=O) groups excluding carboxylic acids is 1. The highest BCUT2D eigenvalue weighted by molar-refractivity contribution is 7.12. The Morgan fingerprint density at radius 2 is 2.16 bits per heavy atom. The number of hydrogen-bond acceptors (Lipinski definition) is 4. The van der Waals surface area contributed by atoms with Gasteiger partial charge in [-0.2, -0.15) is 0 Å². The van der Waals surface area contributed by atoms with E-state index in [1.165, 1.54) is 11.3 Å². The van der Waals surface area contributed by atoms with Crippen LogP contribution in [0.2, 0.25) is 0 Å². The van der Waals surface area contributed by atoms with Crippen LogP contribution in [0.5, 0.6) is 5.75 Å². The van der Waals surface area contributed by atoms with E-state index in [1.807, 2.05) is 35.7 Å². The molecule has 1 aromatic carbocycles. The number of ether oxygens (including phenoxy) is 1. The number of Topliss-reactive ketones (excluding diaryl/α,β-unsaturated/α-hetero) is 1. The monoisotopic (exact) mass is 276 g/mol. The van der Waals surface area contributed by atoms with Gasteiger partial charge in [0.25, 0.3) is 0 Å². The van der Waals surface area contributed by atoms with E-state index in [-0.39, 0.29) is 12.4 Å². The van der Waals surface area contributed by atoms with Gasteiger partial charge in [-0.15, -0.1) is 11.3 Å². The summed E-state index contributed by atoms with van der Waals surface area (Å²) in [6.07, 6.45) is 1.19. The van der Waals surface area contributed by atoms with Gasteiger partial charge in [-0.05, 0) is 35.6 Å². The third-order valence-electron chi connectivity index (χ3n) is 2.69. The van der Waals surface area contributed by atoms with Crippen molar-refractivity contribution in [3.05, 3.63) is 52.2 Å². The predicted octanol–water partition coefficient (Wildman–Crippen LogP) is 3.28. The lowest BCUT2D eigenvalue weighted by molar-refractivity contribution is 0.0977. The fourth-order valence-corrected chi connectivity index (χ4v) is 2.41. The molecule has 2 aromatic rings. The second kappa shape index (κ2) is 7.07. The van der Waals surface area contributed by atoms with Crippen molar-refractivity contribution >= 4 is 17.1 Å². The topological polar surface area (TPSA) is 46.5 Å². The summed E-state index contributed by atoms with van der Waals surface area (Å²) in [4.78, 5) is 12.5. The highest BCUT2D eigenvalue weighted by atomic mass is 32.1. The summed E-state index contributed by atoms with van der Waals surface area (Å²) in [6, 6.07) is 11.1. The second-order valence-corrected chi connectivity index (χ2v) is 5.11. The Hall–Kier alpha value is -1.65. The van der Waals surface area contributed by atoms with Crippen molar-refractivity contribution in [2.75, 3.05) is 6.61 Å². The largest absolute Gasteiger partial charge is 0.494 e. The van der Waals surface area contributed by atoms with Crippen LogP contribution in [0, 0.1) is 0 Å². The second-order valence-electron chi connectivity index (χ2n) is 4.16. The van der Waals surface area contributed by atoms with Crippen LogP contribution in [0.3, 0.4) is 0 Å². The average molecular weight is 276 g/mol. The minimum absolute atomic E-state index is 0.00800. The number of rotatable bonds is 7. The summed E-state index contributed by atoms with van der Waals surface area (Å²) in [5, 5.41) is 10.9. The molecule has 0 saturated heterocycles. The number of ketones is 1. The Bertz CT molecular complexity index is 520. The maximum Gasteiger partial charge on any atom is 0.172 e. The van der Waals surface area contributed by atoms with Gasteiger partial charge in [0, 0.05) is 6.42 Å². The molecule has 100 valence electrons. The van der Waals surface area contributed by atoms with Gasteiger partial charge in [0.2, 0.25) is 0 Å². The maximum absolute atomic E-state index is 11.7. The van der Waals surface area contributed by atoms with E-state index in [0.717, 1.165) is 16.2 Å². The van der Waals surface area contributed by atoms with Crippen LogP contribution in [-0.2, 0) is 6.61 Å². The minimum Gasteiger partial charge on any atom is -0.494 e. The van der Waals surface area contributed by atoms with Gasteiger partial charge in [0.15, 0.2) is 5.78 Å². The number of aliphatic hydroxyl groups excluding tert-OH is 1. The van der Waals surface area contributed by atoms with Gasteiger partial charge in [0.1, 0.15) is 5.75 Å². The van der Waals surface area contributed by atoms with Crippen molar-refractivity contribution in [1.29, 1.82) is 0 Å². The molecule has 0 fully saturated rings. The first kappa shape index (κ1) is 13.8. The van der Waals surface area contributed by atoms with Crippen LogP contribution < -0.4 is 4.74 Å². The van der Waals surface area contributed by atoms with Gasteiger partial charge in [0.05, 0.1) is 18.1 Å². The molecule has 0 saturated carbocycles. The highest BCUT2D eigenvalue weighted by Gasteiger charge is 2.06. The van der Waals surface area contributed by atoms with Gasteiger partial charge in [-0.3, -0.25) is 4.79 Å². The Kier molecular flexibility index (Phi) is 5.12. The molecule has 2 rings (SSSR count). The van der Waals surface area contributed by atoms with Gasteiger partial charge in [-0.25, -0.2) is 0 Å². The van der Waals surface area contributed by atoms with E-state index in [9.17, 15) is 4.79 Å². The lowest BCUT2D eigenvalue weighted by Crippen LogP contribution is -2.02. The molecular formula is C15H16O3S. The Morgan fingerprint density at radius 1 is 1.26 bits per heavy atom. The Labute approximate surface area is 116 Å². The lowest BCUT2D eigenvalue weighted by Gasteiger charge is -2.06. The van der Waals surface area contributed by atoms with Gasteiger partial charge in [-0.1, -0.05) is 18.2 Å². The van der Waals surface area contributed by atoms with Gasteiger partial charge < -0.3 is 9.84 Å². The molecule has 0 aliphatic carbocycles. The smallest absolute Gasteiger partial charge is 0.172 e. The van der Waals surface area contributed by atoms with E-state index >= 15 is 0 Å². The first-order chi connectivity index (χ1) is 9.29. The van der Waals surface area contributed by atoms with Crippen molar-refractivity contribution in [1.82, 2.24) is 0 Å². The molecule has 0 aliphatic rings. The quantitative estimate of drug-likeness (QED) is 0.623. The number of thiophene rings is 1. The zero-order chi connectivity index (χ0) is 13.5. The van der Waals surface area contributed by atoms with Crippen molar-refractivity contribution in [3.8, 4) is 5.75 Å². The molecule has 1 N–H and O–H groups in total. The SMILES string of the molecule is O=C(CCCOc1cccc(CO)c1)c1cccs1. The first-order valence-electron chi connectivity index (χ1n) is 6.19. The van der Waals surface area contributed by atoms with Crippen LogP contribution in [0.25, 0.3) is 0 Å². The summed E-state index contributed by atoms with van der Waals surface area (Å²) in [5.74, 6) is 0.901. The molecule has 3 nitrogen and oxygen atoms in total. The maximum atomic E-state index is 11.7. The van der Waals surface area contributed by atoms with Crippen molar-refractivity contribution in [2.45, 2.75) is 19.4 Å². The average Bonchev–Trinajstić information content (AvgIpc) is 2.98. The number of carbonyl (C=O) groups is 1. The fraction of sp³-hybridized carbons (Fsp3) is 0.267. The van der Waals surface area contributed by atoms with Crippen molar-refractivity contribution < 1.29 is 14.6 Å². The molecule has 0 spiro atoms. The van der Waals surface area contributed by atoms with Crippen LogP contribution in [0.4, 0.5) is 0 Å². The van der Waals surface area contributed by atoms with E-state index in [1.54, 1.807) is 6.07 Å². The van der Waals surface area contributed by atoms with Crippen molar-refractivity contribution in [3.63, 3.8) is 0 Å². The molecule has 0 atom stereocenters. The molecule has 0 aliphatic heterocycles. The van der Waals surface area contributed by atoms with Crippen LogP contribution in [0.1, 0.15) is 28.1 Å². The number of aliphatic hydroxyl groups is 1. The Morgan fingerprint density at radius 3 is 2.89 bits per heavy atom. The van der Waals surface area contributed by atoms with Crippen molar-refractivity contribution in [2.24, 2.45) is 0 Å². The molecular weight excluding hydrogens is 260 g/mol. The highest BCUT2D eigenvalue weighted by Crippen LogP contribution is 2.15. The Balaban J connectivity index is 1.73. The van der Waals surface area contributed by atoms with E-state index in [2.05, 4.69) is 0 Å². The molecule has 0 radical (unpaired) electrons. The van der Waals surface area contributed by atoms with Gasteiger partial charge >= 0.3 is 0 Å². The third kappa shape index (κ3) is 4.19. The predicted molar refractivity (Wildman–Crippen MR) is 75.7 cm³/mol. The standard InChI is InChI=1S/C15H16O3S/c16-11-12-4-1-5-13(10-12)18-8-2-6-14(17)15-7-3-9-19-15/h1,3-5,7,9-10,16H,2,6,8,11H2. The zero-order valence-electron chi connectivity index (χ0n) is 10.5. The molecule has 0 bridgehead atoms. The van der Waals surface area contributed by atoms with Crippen LogP contribution in [-0.4, -0.2) is 17.5 Å². The lowest BCUT2D eigenvalue weighted by atomic mass is 10.2. The normalized spacial score (nSPS) is 10.4. The summed E-state index contributed by atoms with van der Waals surface area (Å²) >= 11 is 1.47. The molecule has 4 heteroatoms. The van der Waals surface area contributed by atoms with Crippen LogP contribution in [0.15, 0.2) is 41.8 Å².